The van der Waals surface area contributed by atoms with Crippen LogP contribution in [0.1, 0.15) is 0 Å². The molecule has 0 aliphatic heterocycles. The molecule has 0 saturated carbocycles. The van der Waals surface area contributed by atoms with Crippen molar-refractivity contribution in [2.24, 2.45) is 5.84 Å². The molecule has 0 aliphatic rings. The summed E-state index contributed by atoms with van der Waals surface area (Å²) in [6, 6.07) is 3.17. The highest BCUT2D eigenvalue weighted by Crippen LogP contribution is 2.38. The Balaban J connectivity index is 2.89. The molecular formula is C7H6F4N2S. The van der Waals surface area contributed by atoms with Gasteiger partial charge in [0.25, 0.3) is 0 Å². The first-order chi connectivity index (χ1) is 6.42. The van der Waals surface area contributed by atoms with Crippen LogP contribution in [-0.2, 0) is 0 Å². The number of thioether (sulfide) groups is 1. The van der Waals surface area contributed by atoms with E-state index in [2.05, 4.69) is 5.43 Å². The van der Waals surface area contributed by atoms with E-state index >= 15 is 0 Å². The summed E-state index contributed by atoms with van der Waals surface area (Å²) >= 11 is -0.497. The molecule has 2 nitrogen and oxygen atoms in total. The molecule has 7 heteroatoms. The zero-order chi connectivity index (χ0) is 10.8. The van der Waals surface area contributed by atoms with E-state index in [1.807, 2.05) is 0 Å². The quantitative estimate of drug-likeness (QED) is 0.352. The van der Waals surface area contributed by atoms with Gasteiger partial charge in [0.1, 0.15) is 5.82 Å². The molecule has 0 radical (unpaired) electrons. The molecule has 0 saturated heterocycles. The lowest BCUT2D eigenvalue weighted by atomic mass is 10.3. The summed E-state index contributed by atoms with van der Waals surface area (Å²) in [5.74, 6) is 3.99. The molecule has 0 fully saturated rings. The second kappa shape index (κ2) is 4.05. The SMILES string of the molecule is NNc1ccc(SC(F)(F)F)c(F)c1. The standard InChI is InChI=1S/C7H6F4N2S/c8-5-3-4(13-12)1-2-6(5)14-7(9,10)11/h1-3,13H,12H2. The minimum atomic E-state index is -4.49. The molecule has 1 rings (SSSR count). The molecule has 0 spiro atoms. The van der Waals surface area contributed by atoms with E-state index < -0.39 is 28.0 Å². The molecule has 1 aromatic rings. The number of anilines is 1. The largest absolute Gasteiger partial charge is 0.446 e. The first-order valence-electron chi connectivity index (χ1n) is 3.44. The maximum absolute atomic E-state index is 13.0. The Labute approximate surface area is 81.4 Å². The van der Waals surface area contributed by atoms with Gasteiger partial charge in [-0.05, 0) is 30.0 Å². The smallest absolute Gasteiger partial charge is 0.324 e. The fourth-order valence-corrected chi connectivity index (χ4v) is 1.34. The summed E-state index contributed by atoms with van der Waals surface area (Å²) in [6.07, 6.45) is 0. The lowest BCUT2D eigenvalue weighted by Gasteiger charge is -2.07. The highest BCUT2D eigenvalue weighted by atomic mass is 32.2. The molecule has 14 heavy (non-hydrogen) atoms. The van der Waals surface area contributed by atoms with Crippen LogP contribution in [0.5, 0.6) is 0 Å². The van der Waals surface area contributed by atoms with Crippen molar-refractivity contribution in [3.05, 3.63) is 24.0 Å². The molecule has 78 valence electrons. The minimum Gasteiger partial charge on any atom is -0.324 e. The Morgan fingerprint density at radius 1 is 1.29 bits per heavy atom. The van der Waals surface area contributed by atoms with Gasteiger partial charge >= 0.3 is 5.51 Å². The van der Waals surface area contributed by atoms with Crippen molar-refractivity contribution in [3.8, 4) is 0 Å². The van der Waals surface area contributed by atoms with Crippen molar-refractivity contribution in [3.63, 3.8) is 0 Å². The summed E-state index contributed by atoms with van der Waals surface area (Å²) < 4.78 is 48.5. The normalized spacial score (nSPS) is 11.5. The number of nitrogen functional groups attached to an aromatic ring is 1. The van der Waals surface area contributed by atoms with E-state index in [-0.39, 0.29) is 5.69 Å². The lowest BCUT2D eigenvalue weighted by molar-refractivity contribution is -0.0329. The van der Waals surface area contributed by atoms with Crippen molar-refractivity contribution in [2.75, 3.05) is 5.43 Å². The summed E-state index contributed by atoms with van der Waals surface area (Å²) in [7, 11) is 0. The lowest BCUT2D eigenvalue weighted by Crippen LogP contribution is -2.07. The van der Waals surface area contributed by atoms with Crippen LogP contribution in [-0.4, -0.2) is 5.51 Å². The third-order valence-corrected chi connectivity index (χ3v) is 2.11. The predicted molar refractivity (Wildman–Crippen MR) is 46.1 cm³/mol. The number of hydrogen-bond acceptors (Lipinski definition) is 3. The number of hydrazine groups is 1. The van der Waals surface area contributed by atoms with Gasteiger partial charge in [0, 0.05) is 0 Å². The number of nitrogens with one attached hydrogen (secondary N) is 1. The monoisotopic (exact) mass is 226 g/mol. The van der Waals surface area contributed by atoms with Gasteiger partial charge in [0.2, 0.25) is 0 Å². The van der Waals surface area contributed by atoms with Gasteiger partial charge in [-0.25, -0.2) is 4.39 Å². The summed E-state index contributed by atoms with van der Waals surface area (Å²) in [4.78, 5) is -0.475. The zero-order valence-electron chi connectivity index (χ0n) is 6.73. The van der Waals surface area contributed by atoms with E-state index in [9.17, 15) is 17.6 Å². The number of halogens is 4. The molecule has 0 aromatic heterocycles. The Bertz CT molecular complexity index is 326. The van der Waals surface area contributed by atoms with Crippen LogP contribution in [0.25, 0.3) is 0 Å². The van der Waals surface area contributed by atoms with Crippen molar-refractivity contribution in [1.29, 1.82) is 0 Å². The first kappa shape index (κ1) is 11.1. The molecule has 0 amide bonds. The van der Waals surface area contributed by atoms with Crippen LogP contribution < -0.4 is 11.3 Å². The van der Waals surface area contributed by atoms with Gasteiger partial charge in [-0.2, -0.15) is 13.2 Å². The second-order valence-electron chi connectivity index (χ2n) is 2.34. The molecule has 0 aliphatic carbocycles. The van der Waals surface area contributed by atoms with Crippen molar-refractivity contribution >= 4 is 17.4 Å². The summed E-state index contributed by atoms with van der Waals surface area (Å²) in [6.45, 7) is 0. The van der Waals surface area contributed by atoms with E-state index in [1.54, 1.807) is 0 Å². The number of rotatable bonds is 2. The average molecular weight is 226 g/mol. The van der Waals surface area contributed by atoms with Crippen LogP contribution in [0.15, 0.2) is 23.1 Å². The van der Waals surface area contributed by atoms with E-state index in [4.69, 9.17) is 5.84 Å². The fourth-order valence-electron chi connectivity index (χ4n) is 0.798. The first-order valence-corrected chi connectivity index (χ1v) is 4.26. The fraction of sp³-hybridized carbons (Fsp3) is 0.143. The van der Waals surface area contributed by atoms with E-state index in [0.717, 1.165) is 12.1 Å². The Kier molecular flexibility index (Phi) is 3.22. The van der Waals surface area contributed by atoms with Crippen LogP contribution in [0, 0.1) is 5.82 Å². The molecule has 0 bridgehead atoms. The van der Waals surface area contributed by atoms with Crippen LogP contribution in [0.2, 0.25) is 0 Å². The second-order valence-corrected chi connectivity index (χ2v) is 3.44. The third-order valence-electron chi connectivity index (χ3n) is 1.32. The molecule has 1 aromatic carbocycles. The van der Waals surface area contributed by atoms with Gasteiger partial charge in [0.15, 0.2) is 0 Å². The van der Waals surface area contributed by atoms with Crippen molar-refractivity contribution in [2.45, 2.75) is 10.4 Å². The zero-order valence-corrected chi connectivity index (χ0v) is 7.55. The molecule has 0 unspecified atom stereocenters. The van der Waals surface area contributed by atoms with Gasteiger partial charge in [-0.1, -0.05) is 0 Å². The number of hydrogen-bond donors (Lipinski definition) is 2. The highest BCUT2D eigenvalue weighted by Gasteiger charge is 2.30. The van der Waals surface area contributed by atoms with Gasteiger partial charge < -0.3 is 5.43 Å². The third kappa shape index (κ3) is 3.08. The average Bonchev–Trinajstić information content (AvgIpc) is 2.06. The summed E-state index contributed by atoms with van der Waals surface area (Å²) in [5.41, 5.74) is -2.14. The van der Waals surface area contributed by atoms with Crippen molar-refractivity contribution in [1.82, 2.24) is 0 Å². The molecule has 0 atom stereocenters. The maximum atomic E-state index is 13.0. The van der Waals surface area contributed by atoms with Crippen molar-refractivity contribution < 1.29 is 17.6 Å². The number of nitrogens with two attached hydrogens (primary N) is 1. The molecular weight excluding hydrogens is 220 g/mol. The predicted octanol–water partition coefficient (Wildman–Crippen LogP) is 2.72. The van der Waals surface area contributed by atoms with Gasteiger partial charge in [-0.15, -0.1) is 0 Å². The molecule has 0 heterocycles. The van der Waals surface area contributed by atoms with Crippen LogP contribution in [0.3, 0.4) is 0 Å². The Hall–Kier alpha value is -0.950. The number of alkyl halides is 3. The summed E-state index contributed by atoms with van der Waals surface area (Å²) in [5, 5.41) is 0. The highest BCUT2D eigenvalue weighted by molar-refractivity contribution is 8.00. The van der Waals surface area contributed by atoms with Gasteiger partial charge in [0.05, 0.1) is 10.6 Å². The number of benzene rings is 1. The Morgan fingerprint density at radius 3 is 2.36 bits per heavy atom. The van der Waals surface area contributed by atoms with E-state index in [0.29, 0.717) is 0 Å². The maximum Gasteiger partial charge on any atom is 0.446 e. The Morgan fingerprint density at radius 2 is 1.93 bits per heavy atom. The van der Waals surface area contributed by atoms with Crippen LogP contribution in [0.4, 0.5) is 23.2 Å². The van der Waals surface area contributed by atoms with E-state index in [1.165, 1.54) is 6.07 Å². The van der Waals surface area contributed by atoms with Crippen LogP contribution >= 0.6 is 11.8 Å². The topological polar surface area (TPSA) is 38.0 Å². The van der Waals surface area contributed by atoms with Gasteiger partial charge in [-0.3, -0.25) is 5.84 Å². The molecule has 3 N–H and O–H groups in total. The minimum absolute atomic E-state index is 0.217.